The Hall–Kier alpha value is 0.01000. The number of hydrogen-bond donors (Lipinski definition) is 1. The van der Waals surface area contributed by atoms with Crippen molar-refractivity contribution in [2.24, 2.45) is 0 Å². The second-order valence-corrected chi connectivity index (χ2v) is 6.25. The molecule has 2 unspecified atom stereocenters. The molecule has 0 saturated carbocycles. The number of hydrogen-bond acceptors (Lipinski definition) is 3. The lowest BCUT2D eigenvalue weighted by molar-refractivity contribution is 0.441. The summed E-state index contributed by atoms with van der Waals surface area (Å²) < 4.78 is 0. The van der Waals surface area contributed by atoms with Gasteiger partial charge in [0, 0.05) is 17.8 Å². The van der Waals surface area contributed by atoms with Crippen LogP contribution >= 0.6 is 23.1 Å². The Balaban J connectivity index is 1.74. The molecule has 2 atom stereocenters. The van der Waals surface area contributed by atoms with Crippen molar-refractivity contribution in [3.05, 3.63) is 22.4 Å². The highest BCUT2D eigenvalue weighted by atomic mass is 32.2. The normalized spacial score (nSPS) is 23.9. The SMILES string of the molecule is CC(Cc1ccsc1)NC1CCCSC1. The van der Waals surface area contributed by atoms with Gasteiger partial charge in [0.05, 0.1) is 0 Å². The van der Waals surface area contributed by atoms with Gasteiger partial charge in [0.2, 0.25) is 0 Å². The molecule has 1 saturated heterocycles. The highest BCUT2D eigenvalue weighted by Gasteiger charge is 2.15. The average Bonchev–Trinajstić information content (AvgIpc) is 2.71. The number of thioether (sulfide) groups is 1. The van der Waals surface area contributed by atoms with Gasteiger partial charge in [-0.05, 0) is 54.3 Å². The van der Waals surface area contributed by atoms with Gasteiger partial charge in [-0.1, -0.05) is 0 Å². The van der Waals surface area contributed by atoms with Crippen molar-refractivity contribution in [2.45, 2.75) is 38.3 Å². The summed E-state index contributed by atoms with van der Waals surface area (Å²) in [6.07, 6.45) is 3.92. The fourth-order valence-electron chi connectivity index (χ4n) is 2.10. The summed E-state index contributed by atoms with van der Waals surface area (Å²) in [6, 6.07) is 3.60. The van der Waals surface area contributed by atoms with Crippen LogP contribution in [0.15, 0.2) is 16.8 Å². The maximum Gasteiger partial charge on any atom is 0.0161 e. The van der Waals surface area contributed by atoms with Crippen molar-refractivity contribution in [3.8, 4) is 0 Å². The highest BCUT2D eigenvalue weighted by molar-refractivity contribution is 7.99. The van der Waals surface area contributed by atoms with Crippen LogP contribution in [0.5, 0.6) is 0 Å². The zero-order valence-electron chi connectivity index (χ0n) is 9.24. The molecule has 1 aliphatic rings. The Morgan fingerprint density at radius 1 is 1.60 bits per heavy atom. The Kier molecular flexibility index (Phi) is 4.54. The van der Waals surface area contributed by atoms with Crippen molar-refractivity contribution in [2.75, 3.05) is 11.5 Å². The minimum Gasteiger partial charge on any atom is -0.310 e. The van der Waals surface area contributed by atoms with Crippen LogP contribution in [-0.2, 0) is 6.42 Å². The third kappa shape index (κ3) is 3.82. The molecular weight excluding hydrogens is 222 g/mol. The molecule has 0 spiro atoms. The van der Waals surface area contributed by atoms with E-state index < -0.39 is 0 Å². The topological polar surface area (TPSA) is 12.0 Å². The second kappa shape index (κ2) is 5.92. The third-order valence-electron chi connectivity index (χ3n) is 2.80. The molecule has 1 aromatic heterocycles. The summed E-state index contributed by atoms with van der Waals surface area (Å²) in [5.41, 5.74) is 1.48. The first kappa shape index (κ1) is 11.5. The highest BCUT2D eigenvalue weighted by Crippen LogP contribution is 2.18. The number of nitrogens with one attached hydrogen (secondary N) is 1. The van der Waals surface area contributed by atoms with E-state index in [1.165, 1.54) is 36.3 Å². The lowest BCUT2D eigenvalue weighted by atomic mass is 10.1. The van der Waals surface area contributed by atoms with E-state index >= 15 is 0 Å². The van der Waals surface area contributed by atoms with E-state index in [0.29, 0.717) is 6.04 Å². The molecule has 2 heterocycles. The van der Waals surface area contributed by atoms with E-state index in [9.17, 15) is 0 Å². The van der Waals surface area contributed by atoms with Gasteiger partial charge in [-0.3, -0.25) is 0 Å². The van der Waals surface area contributed by atoms with E-state index in [1.807, 2.05) is 0 Å². The standard InChI is InChI=1S/C12H19NS2/c1-10(7-11-4-6-15-8-11)13-12-3-2-5-14-9-12/h4,6,8,10,12-13H,2-3,5,7,9H2,1H3. The fraction of sp³-hybridized carbons (Fsp3) is 0.667. The van der Waals surface area contributed by atoms with Gasteiger partial charge in [0.15, 0.2) is 0 Å². The molecule has 84 valence electrons. The summed E-state index contributed by atoms with van der Waals surface area (Å²) in [5.74, 6) is 2.66. The van der Waals surface area contributed by atoms with E-state index in [1.54, 1.807) is 11.3 Å². The average molecular weight is 241 g/mol. The molecule has 1 N–H and O–H groups in total. The smallest absolute Gasteiger partial charge is 0.0161 e. The first-order valence-electron chi connectivity index (χ1n) is 5.69. The van der Waals surface area contributed by atoms with Crippen LogP contribution in [0.1, 0.15) is 25.3 Å². The van der Waals surface area contributed by atoms with Crippen LogP contribution in [0.4, 0.5) is 0 Å². The van der Waals surface area contributed by atoms with Crippen molar-refractivity contribution >= 4 is 23.1 Å². The molecule has 15 heavy (non-hydrogen) atoms. The molecule has 0 bridgehead atoms. The molecule has 0 radical (unpaired) electrons. The van der Waals surface area contributed by atoms with Gasteiger partial charge in [0.25, 0.3) is 0 Å². The first-order valence-corrected chi connectivity index (χ1v) is 7.79. The van der Waals surface area contributed by atoms with Gasteiger partial charge < -0.3 is 5.32 Å². The predicted molar refractivity (Wildman–Crippen MR) is 71.0 cm³/mol. The van der Waals surface area contributed by atoms with Crippen molar-refractivity contribution in [3.63, 3.8) is 0 Å². The van der Waals surface area contributed by atoms with Crippen LogP contribution in [-0.4, -0.2) is 23.6 Å². The van der Waals surface area contributed by atoms with Crippen LogP contribution in [0, 0.1) is 0 Å². The molecule has 1 nitrogen and oxygen atoms in total. The Morgan fingerprint density at radius 2 is 2.53 bits per heavy atom. The van der Waals surface area contributed by atoms with Gasteiger partial charge in [0.1, 0.15) is 0 Å². The minimum atomic E-state index is 0.614. The van der Waals surface area contributed by atoms with Crippen molar-refractivity contribution in [1.82, 2.24) is 5.32 Å². The van der Waals surface area contributed by atoms with Crippen LogP contribution in [0.3, 0.4) is 0 Å². The quantitative estimate of drug-likeness (QED) is 0.869. The van der Waals surface area contributed by atoms with Crippen molar-refractivity contribution in [1.29, 1.82) is 0 Å². The van der Waals surface area contributed by atoms with Gasteiger partial charge in [-0.2, -0.15) is 23.1 Å². The lowest BCUT2D eigenvalue weighted by Gasteiger charge is -2.26. The molecule has 1 fully saturated rings. The predicted octanol–water partition coefficient (Wildman–Crippen LogP) is 3.16. The number of thiophene rings is 1. The molecule has 1 aromatic rings. The van der Waals surface area contributed by atoms with Gasteiger partial charge in [-0.25, -0.2) is 0 Å². The zero-order valence-corrected chi connectivity index (χ0v) is 10.9. The lowest BCUT2D eigenvalue weighted by Crippen LogP contribution is -2.40. The van der Waals surface area contributed by atoms with Gasteiger partial charge in [-0.15, -0.1) is 0 Å². The Morgan fingerprint density at radius 3 is 3.20 bits per heavy atom. The summed E-state index contributed by atoms with van der Waals surface area (Å²) >= 11 is 3.89. The maximum absolute atomic E-state index is 3.74. The Bertz CT molecular complexity index is 265. The molecule has 3 heteroatoms. The summed E-state index contributed by atoms with van der Waals surface area (Å²) in [7, 11) is 0. The van der Waals surface area contributed by atoms with E-state index in [2.05, 4.69) is 40.8 Å². The Labute approximate surface area is 101 Å². The molecule has 0 amide bonds. The van der Waals surface area contributed by atoms with E-state index in [0.717, 1.165) is 6.04 Å². The zero-order chi connectivity index (χ0) is 10.5. The number of rotatable bonds is 4. The summed E-state index contributed by atoms with van der Waals surface area (Å²) in [5, 5.41) is 8.16. The minimum absolute atomic E-state index is 0.614. The molecule has 2 rings (SSSR count). The van der Waals surface area contributed by atoms with Gasteiger partial charge >= 0.3 is 0 Å². The van der Waals surface area contributed by atoms with Crippen molar-refractivity contribution < 1.29 is 0 Å². The molecular formula is C12H19NS2. The van der Waals surface area contributed by atoms with Crippen LogP contribution in [0.25, 0.3) is 0 Å². The largest absolute Gasteiger partial charge is 0.310 e. The first-order chi connectivity index (χ1) is 7.34. The fourth-order valence-corrected chi connectivity index (χ4v) is 3.86. The van der Waals surface area contributed by atoms with E-state index in [4.69, 9.17) is 0 Å². The summed E-state index contributed by atoms with van der Waals surface area (Å²) in [4.78, 5) is 0. The molecule has 1 aliphatic heterocycles. The molecule has 0 aromatic carbocycles. The van der Waals surface area contributed by atoms with E-state index in [-0.39, 0.29) is 0 Å². The maximum atomic E-state index is 3.74. The van der Waals surface area contributed by atoms with Crippen LogP contribution < -0.4 is 5.32 Å². The van der Waals surface area contributed by atoms with Crippen LogP contribution in [0.2, 0.25) is 0 Å². The second-order valence-electron chi connectivity index (χ2n) is 4.32. The monoisotopic (exact) mass is 241 g/mol. The summed E-state index contributed by atoms with van der Waals surface area (Å²) in [6.45, 7) is 2.30. The molecule has 0 aliphatic carbocycles. The third-order valence-corrected chi connectivity index (χ3v) is 4.75.